The van der Waals surface area contributed by atoms with Gasteiger partial charge in [-0.15, -0.1) is 10.2 Å². The van der Waals surface area contributed by atoms with Crippen molar-refractivity contribution in [1.29, 1.82) is 0 Å². The van der Waals surface area contributed by atoms with Crippen LogP contribution in [-0.2, 0) is 6.54 Å². The molecule has 0 radical (unpaired) electrons. The van der Waals surface area contributed by atoms with E-state index >= 15 is 0 Å². The fourth-order valence-corrected chi connectivity index (χ4v) is 7.22. The summed E-state index contributed by atoms with van der Waals surface area (Å²) in [7, 11) is 0. The van der Waals surface area contributed by atoms with Crippen LogP contribution in [0.15, 0.2) is 70.6 Å². The maximum Gasteiger partial charge on any atom is 0.204 e. The summed E-state index contributed by atoms with van der Waals surface area (Å²) >= 11 is 1.69. The second kappa shape index (κ2) is 8.35. The first kappa shape index (κ1) is 20.9. The molecule has 2 N–H and O–H groups in total. The Balaban J connectivity index is 1.25. The fourth-order valence-electron chi connectivity index (χ4n) is 6.08. The van der Waals surface area contributed by atoms with Gasteiger partial charge in [-0.1, -0.05) is 30.0 Å². The Labute approximate surface area is 207 Å². The number of nitrogens with zero attached hydrogens (tertiary/aromatic N) is 6. The molecule has 2 aromatic carbocycles. The normalized spacial score (nSPS) is 23.2. The molecular weight excluding hydrogens is 458 g/mol. The summed E-state index contributed by atoms with van der Waals surface area (Å²) in [5.41, 5.74) is 3.96. The van der Waals surface area contributed by atoms with E-state index in [9.17, 15) is 5.11 Å². The second-order valence-electron chi connectivity index (χ2n) is 9.52. The number of phenols is 1. The Morgan fingerprint density at radius 3 is 2.57 bits per heavy atom. The molecule has 0 aliphatic carbocycles. The first-order chi connectivity index (χ1) is 17.2. The zero-order chi connectivity index (χ0) is 23.4. The zero-order valence-electron chi connectivity index (χ0n) is 19.1. The lowest BCUT2D eigenvalue weighted by molar-refractivity contribution is 0.118. The van der Waals surface area contributed by atoms with Gasteiger partial charge >= 0.3 is 0 Å². The topological polar surface area (TPSA) is 94.1 Å². The number of benzene rings is 2. The minimum absolute atomic E-state index is 0.257. The average molecular weight is 484 g/mol. The number of nitrogens with one attached hydrogen (secondary N) is 1. The molecule has 2 aromatic heterocycles. The molecule has 9 heteroatoms. The number of H-pyrrole nitrogens is 1. The predicted octanol–water partition coefficient (Wildman–Crippen LogP) is 4.77. The van der Waals surface area contributed by atoms with Crippen LogP contribution in [0, 0.1) is 0 Å². The third kappa shape index (κ3) is 3.57. The number of anilines is 2. The maximum atomic E-state index is 11.3. The zero-order valence-corrected chi connectivity index (χ0v) is 19.9. The monoisotopic (exact) mass is 483 g/mol. The molecule has 3 aliphatic rings. The van der Waals surface area contributed by atoms with Crippen LogP contribution < -0.4 is 4.90 Å². The molecule has 3 aliphatic heterocycles. The van der Waals surface area contributed by atoms with E-state index in [0.717, 1.165) is 41.2 Å². The molecule has 4 aromatic rings. The van der Waals surface area contributed by atoms with Crippen LogP contribution in [0.4, 0.5) is 11.4 Å². The molecule has 0 amide bonds. The highest BCUT2D eigenvalue weighted by molar-refractivity contribution is 7.99. The maximum absolute atomic E-state index is 11.3. The van der Waals surface area contributed by atoms with Crippen molar-refractivity contribution in [3.05, 3.63) is 66.5 Å². The van der Waals surface area contributed by atoms with Crippen molar-refractivity contribution >= 4 is 23.1 Å². The summed E-state index contributed by atoms with van der Waals surface area (Å²) in [4.78, 5) is 11.9. The van der Waals surface area contributed by atoms with Crippen molar-refractivity contribution in [2.24, 2.45) is 0 Å². The molecule has 2 atom stereocenters. The summed E-state index contributed by atoms with van der Waals surface area (Å²) in [5, 5.41) is 25.7. The van der Waals surface area contributed by atoms with Crippen LogP contribution in [0.3, 0.4) is 0 Å². The number of aromatic amines is 1. The number of fused-ring (bicyclic) bond motifs is 4. The third-order valence-electron chi connectivity index (χ3n) is 7.54. The number of para-hydroxylation sites is 1. The van der Waals surface area contributed by atoms with E-state index in [1.54, 1.807) is 17.8 Å². The van der Waals surface area contributed by atoms with Gasteiger partial charge < -0.3 is 10.0 Å². The molecule has 7 rings (SSSR count). The highest BCUT2D eigenvalue weighted by Gasteiger charge is 2.44. The molecule has 35 heavy (non-hydrogen) atoms. The van der Waals surface area contributed by atoms with Crippen molar-refractivity contribution in [1.82, 2.24) is 30.5 Å². The van der Waals surface area contributed by atoms with Crippen molar-refractivity contribution in [3.63, 3.8) is 0 Å². The molecular formula is C26H25N7OS. The van der Waals surface area contributed by atoms with Crippen molar-refractivity contribution in [2.75, 3.05) is 4.90 Å². The van der Waals surface area contributed by atoms with Crippen LogP contribution >= 0.6 is 11.8 Å². The Hall–Kier alpha value is -3.43. The van der Waals surface area contributed by atoms with Crippen LogP contribution in [0.1, 0.15) is 31.4 Å². The van der Waals surface area contributed by atoms with Gasteiger partial charge in [0.1, 0.15) is 5.75 Å². The summed E-state index contributed by atoms with van der Waals surface area (Å²) in [6, 6.07) is 19.9. The molecule has 5 heterocycles. The van der Waals surface area contributed by atoms with Crippen LogP contribution in [0.25, 0.3) is 11.4 Å². The lowest BCUT2D eigenvalue weighted by Crippen LogP contribution is -2.49. The number of phenolic OH excluding ortho intramolecular Hbond substituents is 1. The van der Waals surface area contributed by atoms with Gasteiger partial charge in [0.25, 0.3) is 0 Å². The average Bonchev–Trinajstić information content (AvgIpc) is 3.49. The molecule has 2 fully saturated rings. The van der Waals surface area contributed by atoms with E-state index in [0.29, 0.717) is 23.9 Å². The van der Waals surface area contributed by atoms with E-state index in [2.05, 4.69) is 77.9 Å². The van der Waals surface area contributed by atoms with Gasteiger partial charge in [0, 0.05) is 46.2 Å². The van der Waals surface area contributed by atoms with Crippen molar-refractivity contribution in [2.45, 2.75) is 60.1 Å². The Kier molecular flexibility index (Phi) is 4.99. The number of aromatic hydroxyl groups is 1. The minimum Gasteiger partial charge on any atom is -0.506 e. The number of tetrazole rings is 1. The van der Waals surface area contributed by atoms with E-state index < -0.39 is 0 Å². The summed E-state index contributed by atoms with van der Waals surface area (Å²) in [6.07, 6.45) is 6.44. The van der Waals surface area contributed by atoms with E-state index in [4.69, 9.17) is 0 Å². The molecule has 8 nitrogen and oxygen atoms in total. The lowest BCUT2D eigenvalue weighted by atomic mass is 9.94. The summed E-state index contributed by atoms with van der Waals surface area (Å²) < 4.78 is 0. The number of aromatic nitrogens is 5. The first-order valence-electron chi connectivity index (χ1n) is 12.1. The largest absolute Gasteiger partial charge is 0.506 e. The Bertz CT molecular complexity index is 1350. The van der Waals surface area contributed by atoms with Gasteiger partial charge in [-0.3, -0.25) is 9.88 Å². The first-order valence-corrected chi connectivity index (χ1v) is 12.9. The summed E-state index contributed by atoms with van der Waals surface area (Å²) in [5.74, 6) is 0.738. The second-order valence-corrected chi connectivity index (χ2v) is 10.6. The molecule has 0 saturated carbocycles. The van der Waals surface area contributed by atoms with Gasteiger partial charge in [0.05, 0.1) is 17.1 Å². The van der Waals surface area contributed by atoms with Crippen LogP contribution in [0.5, 0.6) is 5.75 Å². The van der Waals surface area contributed by atoms with E-state index in [1.807, 2.05) is 12.3 Å². The Morgan fingerprint density at radius 1 is 0.971 bits per heavy atom. The van der Waals surface area contributed by atoms with Gasteiger partial charge in [0.15, 0.2) is 0 Å². The highest BCUT2D eigenvalue weighted by Crippen LogP contribution is 2.55. The number of rotatable bonds is 4. The van der Waals surface area contributed by atoms with Crippen molar-refractivity contribution < 1.29 is 5.11 Å². The van der Waals surface area contributed by atoms with E-state index in [1.165, 1.54) is 23.4 Å². The molecule has 2 bridgehead atoms. The van der Waals surface area contributed by atoms with Crippen molar-refractivity contribution in [3.8, 4) is 17.1 Å². The lowest BCUT2D eigenvalue weighted by Gasteiger charge is -2.46. The molecule has 2 saturated heterocycles. The molecule has 2 unspecified atom stereocenters. The number of piperidine rings is 1. The number of pyridine rings is 1. The smallest absolute Gasteiger partial charge is 0.204 e. The SMILES string of the molecule is Oc1cc(-c2nn[nH]n2)cc2c1N(C1CC3CCC(C1)N3Cc1ccccn1)c1ccccc1S2. The minimum atomic E-state index is 0.257. The number of hydrogen-bond acceptors (Lipinski definition) is 8. The van der Waals surface area contributed by atoms with E-state index in [-0.39, 0.29) is 5.75 Å². The van der Waals surface area contributed by atoms with Gasteiger partial charge in [-0.2, -0.15) is 5.21 Å². The molecule has 0 spiro atoms. The quantitative estimate of drug-likeness (QED) is 0.429. The van der Waals surface area contributed by atoms with Crippen LogP contribution in [-0.4, -0.2) is 53.7 Å². The molecule has 176 valence electrons. The summed E-state index contributed by atoms with van der Waals surface area (Å²) in [6.45, 7) is 0.908. The van der Waals surface area contributed by atoms with Gasteiger partial charge in [0.2, 0.25) is 5.82 Å². The van der Waals surface area contributed by atoms with Gasteiger partial charge in [-0.25, -0.2) is 0 Å². The highest BCUT2D eigenvalue weighted by atomic mass is 32.2. The standard InChI is InChI=1S/C26H25N7OS/c34-22-11-16(26-28-30-31-29-26)12-24-25(22)33(21-6-1-2-7-23(21)35-24)20-13-18-8-9-19(14-20)32(18)15-17-5-3-4-10-27-17/h1-7,10-12,18-20,34H,8-9,13-15H2,(H,28,29,30,31). The Morgan fingerprint density at radius 2 is 1.80 bits per heavy atom. The van der Waals surface area contributed by atoms with Crippen LogP contribution in [0.2, 0.25) is 0 Å². The van der Waals surface area contributed by atoms with Gasteiger partial charge in [-0.05, 0) is 67.3 Å². The third-order valence-corrected chi connectivity index (χ3v) is 8.64. The fraction of sp³-hybridized carbons (Fsp3) is 0.308. The number of hydrogen-bond donors (Lipinski definition) is 2. The predicted molar refractivity (Wildman–Crippen MR) is 134 cm³/mol.